The summed E-state index contributed by atoms with van der Waals surface area (Å²) in [6.45, 7) is 9.02. The molecular formula is C14H21ClFN3. The minimum Gasteiger partial charge on any atom is -0.365 e. The zero-order valence-electron chi connectivity index (χ0n) is 11.9. The molecule has 1 aliphatic rings. The molecule has 1 heterocycles. The molecule has 0 unspecified atom stereocenters. The molecule has 0 saturated heterocycles. The zero-order valence-corrected chi connectivity index (χ0v) is 12.7. The van der Waals surface area contributed by atoms with Crippen LogP contribution in [0.15, 0.2) is 6.20 Å². The summed E-state index contributed by atoms with van der Waals surface area (Å²) in [5, 5.41) is 3.26. The van der Waals surface area contributed by atoms with E-state index in [0.717, 1.165) is 19.0 Å². The predicted octanol–water partition coefficient (Wildman–Crippen LogP) is 4.29. The summed E-state index contributed by atoms with van der Waals surface area (Å²) in [7, 11) is 0. The van der Waals surface area contributed by atoms with Crippen LogP contribution in [0, 0.1) is 16.6 Å². The lowest BCUT2D eigenvalue weighted by molar-refractivity contribution is 0.105. The summed E-state index contributed by atoms with van der Waals surface area (Å²) in [4.78, 5) is 7.56. The third-order valence-electron chi connectivity index (χ3n) is 3.61. The molecule has 1 saturated carbocycles. The Bertz CT molecular complexity index is 458. The molecule has 1 fully saturated rings. The van der Waals surface area contributed by atoms with Crippen LogP contribution in [-0.4, -0.2) is 16.0 Å². The first kappa shape index (κ1) is 14.5. The fourth-order valence-electron chi connectivity index (χ4n) is 3.59. The molecule has 0 aromatic carbocycles. The van der Waals surface area contributed by atoms with Crippen LogP contribution < -0.4 is 5.32 Å². The molecule has 1 aliphatic carbocycles. The molecule has 0 radical (unpaired) electrons. The highest BCUT2D eigenvalue weighted by atomic mass is 35.5. The SMILES string of the molecule is CC1(C)CC(Nc2nc(Cl)ncc2F)CC(C)(C)C1. The maximum atomic E-state index is 13.7. The molecule has 1 aromatic heterocycles. The number of nitrogens with one attached hydrogen (secondary N) is 1. The minimum atomic E-state index is -0.453. The highest BCUT2D eigenvalue weighted by molar-refractivity contribution is 6.28. The van der Waals surface area contributed by atoms with Crippen LogP contribution in [0.4, 0.5) is 10.2 Å². The van der Waals surface area contributed by atoms with E-state index >= 15 is 0 Å². The lowest BCUT2D eigenvalue weighted by Crippen LogP contribution is -2.40. The zero-order chi connectivity index (χ0) is 14.3. The second-order valence-corrected chi connectivity index (χ2v) is 7.43. The van der Waals surface area contributed by atoms with Crippen molar-refractivity contribution in [3.8, 4) is 0 Å². The van der Waals surface area contributed by atoms with E-state index in [9.17, 15) is 4.39 Å². The topological polar surface area (TPSA) is 37.8 Å². The molecule has 2 rings (SSSR count). The molecular weight excluding hydrogens is 265 g/mol. The fourth-order valence-corrected chi connectivity index (χ4v) is 3.72. The van der Waals surface area contributed by atoms with Crippen molar-refractivity contribution >= 4 is 17.4 Å². The Balaban J connectivity index is 2.16. The van der Waals surface area contributed by atoms with Crippen molar-refractivity contribution in [2.24, 2.45) is 10.8 Å². The highest BCUT2D eigenvalue weighted by Crippen LogP contribution is 2.46. The van der Waals surface area contributed by atoms with Crippen molar-refractivity contribution in [2.45, 2.75) is 53.0 Å². The molecule has 0 atom stereocenters. The van der Waals surface area contributed by atoms with Crippen molar-refractivity contribution < 1.29 is 4.39 Å². The van der Waals surface area contributed by atoms with Crippen molar-refractivity contribution in [3.05, 3.63) is 17.3 Å². The maximum Gasteiger partial charge on any atom is 0.224 e. The quantitative estimate of drug-likeness (QED) is 0.824. The first-order chi connectivity index (χ1) is 8.67. The van der Waals surface area contributed by atoms with Crippen LogP contribution in [0.2, 0.25) is 5.28 Å². The summed E-state index contributed by atoms with van der Waals surface area (Å²) in [6, 6.07) is 0.208. The number of halogens is 2. The number of rotatable bonds is 2. The van der Waals surface area contributed by atoms with E-state index in [1.165, 1.54) is 6.42 Å². The molecule has 106 valence electrons. The van der Waals surface area contributed by atoms with Gasteiger partial charge in [0, 0.05) is 6.04 Å². The summed E-state index contributed by atoms with van der Waals surface area (Å²) in [5.74, 6) is -0.246. The van der Waals surface area contributed by atoms with Gasteiger partial charge in [-0.3, -0.25) is 0 Å². The lowest BCUT2D eigenvalue weighted by atomic mass is 9.63. The number of hydrogen-bond donors (Lipinski definition) is 1. The summed E-state index contributed by atoms with van der Waals surface area (Å²) in [6.07, 6.45) is 4.27. The molecule has 5 heteroatoms. The smallest absolute Gasteiger partial charge is 0.224 e. The Labute approximate surface area is 119 Å². The molecule has 0 bridgehead atoms. The fraction of sp³-hybridized carbons (Fsp3) is 0.714. The Kier molecular flexibility index (Phi) is 3.74. The monoisotopic (exact) mass is 285 g/mol. The Hall–Kier alpha value is -0.900. The largest absolute Gasteiger partial charge is 0.365 e. The van der Waals surface area contributed by atoms with Gasteiger partial charge in [0.1, 0.15) is 0 Å². The minimum absolute atomic E-state index is 0.0678. The van der Waals surface area contributed by atoms with Gasteiger partial charge in [0.25, 0.3) is 0 Å². The van der Waals surface area contributed by atoms with Crippen molar-refractivity contribution in [1.82, 2.24) is 9.97 Å². The number of hydrogen-bond acceptors (Lipinski definition) is 3. The Morgan fingerprint density at radius 1 is 1.26 bits per heavy atom. The van der Waals surface area contributed by atoms with Gasteiger partial charge in [0.05, 0.1) is 6.20 Å². The molecule has 0 amide bonds. The van der Waals surface area contributed by atoms with E-state index in [1.54, 1.807) is 0 Å². The van der Waals surface area contributed by atoms with E-state index < -0.39 is 5.82 Å². The highest BCUT2D eigenvalue weighted by Gasteiger charge is 2.38. The van der Waals surface area contributed by atoms with Crippen LogP contribution in [0.5, 0.6) is 0 Å². The average molecular weight is 286 g/mol. The molecule has 0 spiro atoms. The summed E-state index contributed by atoms with van der Waals surface area (Å²) >= 11 is 5.72. The van der Waals surface area contributed by atoms with Gasteiger partial charge in [-0.1, -0.05) is 27.7 Å². The van der Waals surface area contributed by atoms with Gasteiger partial charge in [-0.15, -0.1) is 0 Å². The third kappa shape index (κ3) is 3.78. The van der Waals surface area contributed by atoms with E-state index in [2.05, 4.69) is 43.0 Å². The number of aromatic nitrogens is 2. The van der Waals surface area contributed by atoms with Gasteiger partial charge in [-0.2, -0.15) is 4.98 Å². The van der Waals surface area contributed by atoms with Crippen molar-refractivity contribution in [3.63, 3.8) is 0 Å². The average Bonchev–Trinajstić information content (AvgIpc) is 2.18. The summed E-state index contributed by atoms with van der Waals surface area (Å²) in [5.41, 5.74) is 0.486. The normalized spacial score (nSPS) is 22.2. The van der Waals surface area contributed by atoms with Crippen LogP contribution in [0.25, 0.3) is 0 Å². The van der Waals surface area contributed by atoms with Gasteiger partial charge < -0.3 is 5.32 Å². The van der Waals surface area contributed by atoms with Gasteiger partial charge in [0.2, 0.25) is 5.28 Å². The number of anilines is 1. The lowest BCUT2D eigenvalue weighted by Gasteiger charge is -2.45. The first-order valence-corrected chi connectivity index (χ1v) is 6.99. The maximum absolute atomic E-state index is 13.7. The first-order valence-electron chi connectivity index (χ1n) is 6.62. The van der Waals surface area contributed by atoms with Crippen LogP contribution >= 0.6 is 11.6 Å². The summed E-state index contributed by atoms with van der Waals surface area (Å²) < 4.78 is 13.7. The molecule has 1 aromatic rings. The van der Waals surface area contributed by atoms with Gasteiger partial charge in [-0.25, -0.2) is 9.37 Å². The predicted molar refractivity (Wildman–Crippen MR) is 75.8 cm³/mol. The molecule has 1 N–H and O–H groups in total. The molecule has 3 nitrogen and oxygen atoms in total. The Morgan fingerprint density at radius 3 is 2.42 bits per heavy atom. The number of nitrogens with zero attached hydrogens (tertiary/aromatic N) is 2. The van der Waals surface area contributed by atoms with Crippen molar-refractivity contribution in [2.75, 3.05) is 5.32 Å². The van der Waals surface area contributed by atoms with Crippen LogP contribution in [0.1, 0.15) is 47.0 Å². The standard InChI is InChI=1S/C14H21ClFN3/c1-13(2)5-9(6-14(3,4)8-13)18-11-10(16)7-17-12(15)19-11/h7,9H,5-6,8H2,1-4H3,(H,17,18,19). The van der Waals surface area contributed by atoms with Gasteiger partial charge in [0.15, 0.2) is 11.6 Å². The third-order valence-corrected chi connectivity index (χ3v) is 3.79. The second-order valence-electron chi connectivity index (χ2n) is 7.09. The van der Waals surface area contributed by atoms with E-state index in [0.29, 0.717) is 0 Å². The molecule has 0 aliphatic heterocycles. The second kappa shape index (κ2) is 4.89. The van der Waals surface area contributed by atoms with Gasteiger partial charge >= 0.3 is 0 Å². The van der Waals surface area contributed by atoms with Crippen molar-refractivity contribution in [1.29, 1.82) is 0 Å². The van der Waals surface area contributed by atoms with Crippen LogP contribution in [-0.2, 0) is 0 Å². The van der Waals surface area contributed by atoms with Crippen LogP contribution in [0.3, 0.4) is 0 Å². The van der Waals surface area contributed by atoms with E-state index in [4.69, 9.17) is 11.6 Å². The van der Waals surface area contributed by atoms with E-state index in [-0.39, 0.29) is 28.0 Å². The van der Waals surface area contributed by atoms with Gasteiger partial charge in [-0.05, 0) is 41.7 Å². The molecule has 19 heavy (non-hydrogen) atoms. The van der Waals surface area contributed by atoms with E-state index in [1.807, 2.05) is 0 Å². The Morgan fingerprint density at radius 2 is 1.84 bits per heavy atom.